The van der Waals surface area contributed by atoms with Gasteiger partial charge in [0.15, 0.2) is 0 Å². The molecule has 0 saturated carbocycles. The lowest BCUT2D eigenvalue weighted by atomic mass is 10.1. The van der Waals surface area contributed by atoms with Crippen molar-refractivity contribution in [1.29, 1.82) is 5.26 Å². The van der Waals surface area contributed by atoms with E-state index in [9.17, 15) is 4.79 Å². The van der Waals surface area contributed by atoms with E-state index in [4.69, 9.17) is 10.00 Å². The van der Waals surface area contributed by atoms with Crippen LogP contribution in [0, 0.1) is 17.2 Å². The Labute approximate surface area is 89.3 Å². The number of nitriles is 1. The second-order valence-electron chi connectivity index (χ2n) is 3.18. The van der Waals surface area contributed by atoms with E-state index in [-0.39, 0.29) is 6.61 Å². The van der Waals surface area contributed by atoms with Crippen LogP contribution in [-0.2, 0) is 16.1 Å². The molecule has 0 aliphatic heterocycles. The van der Waals surface area contributed by atoms with E-state index in [1.165, 1.54) is 0 Å². The number of carbonyl (C=O) groups is 1. The first-order valence-corrected chi connectivity index (χ1v) is 4.88. The highest BCUT2D eigenvalue weighted by atomic mass is 16.5. The molecular formula is C12H13NO2. The van der Waals surface area contributed by atoms with Crippen LogP contribution in [0.5, 0.6) is 0 Å². The van der Waals surface area contributed by atoms with E-state index in [1.807, 2.05) is 36.4 Å². The van der Waals surface area contributed by atoms with Gasteiger partial charge in [0.1, 0.15) is 12.5 Å². The van der Waals surface area contributed by atoms with Crippen LogP contribution in [0.25, 0.3) is 0 Å². The average molecular weight is 203 g/mol. The minimum Gasteiger partial charge on any atom is -0.460 e. The predicted octanol–water partition coefficient (Wildman–Crippen LogP) is 2.28. The van der Waals surface area contributed by atoms with Gasteiger partial charge in [0.2, 0.25) is 0 Å². The number of rotatable bonds is 4. The first-order valence-electron chi connectivity index (χ1n) is 4.88. The molecule has 0 aliphatic carbocycles. The summed E-state index contributed by atoms with van der Waals surface area (Å²) in [4.78, 5) is 11.3. The molecule has 0 bridgehead atoms. The molecule has 0 amide bonds. The van der Waals surface area contributed by atoms with Crippen LogP contribution in [0.3, 0.4) is 0 Å². The highest BCUT2D eigenvalue weighted by Gasteiger charge is 2.16. The molecule has 0 spiro atoms. The average Bonchev–Trinajstić information content (AvgIpc) is 2.29. The number of carbonyl (C=O) groups excluding carboxylic acids is 1. The predicted molar refractivity (Wildman–Crippen MR) is 55.6 cm³/mol. The van der Waals surface area contributed by atoms with E-state index >= 15 is 0 Å². The number of nitrogens with zero attached hydrogens (tertiary/aromatic N) is 1. The number of ether oxygens (including phenoxy) is 1. The van der Waals surface area contributed by atoms with Gasteiger partial charge in [-0.2, -0.15) is 5.26 Å². The molecule has 0 aliphatic rings. The van der Waals surface area contributed by atoms with Gasteiger partial charge in [-0.1, -0.05) is 37.3 Å². The molecule has 78 valence electrons. The summed E-state index contributed by atoms with van der Waals surface area (Å²) in [6, 6.07) is 11.3. The molecule has 1 aromatic rings. The first kappa shape index (κ1) is 11.3. The zero-order valence-corrected chi connectivity index (χ0v) is 8.64. The Kier molecular flexibility index (Phi) is 4.36. The summed E-state index contributed by atoms with van der Waals surface area (Å²) >= 11 is 0. The molecule has 0 saturated heterocycles. The lowest BCUT2D eigenvalue weighted by Crippen LogP contribution is -2.15. The van der Waals surface area contributed by atoms with Gasteiger partial charge in [-0.25, -0.2) is 0 Å². The van der Waals surface area contributed by atoms with Crippen molar-refractivity contribution in [2.75, 3.05) is 0 Å². The normalized spacial score (nSPS) is 11.5. The standard InChI is InChI=1S/C12H13NO2/c1-2-11(8-13)12(14)15-9-10-6-4-3-5-7-10/h3-7,11H,2,9H2,1H3. The van der Waals surface area contributed by atoms with E-state index in [0.717, 1.165) is 5.56 Å². The summed E-state index contributed by atoms with van der Waals surface area (Å²) in [5.74, 6) is -1.09. The molecule has 0 N–H and O–H groups in total. The van der Waals surface area contributed by atoms with Crippen molar-refractivity contribution >= 4 is 5.97 Å². The number of hydrogen-bond donors (Lipinski definition) is 0. The molecule has 0 radical (unpaired) electrons. The highest BCUT2D eigenvalue weighted by molar-refractivity contribution is 5.75. The van der Waals surface area contributed by atoms with Crippen LogP contribution >= 0.6 is 0 Å². The second kappa shape index (κ2) is 5.82. The van der Waals surface area contributed by atoms with Crippen molar-refractivity contribution in [3.63, 3.8) is 0 Å². The number of hydrogen-bond acceptors (Lipinski definition) is 3. The largest absolute Gasteiger partial charge is 0.460 e. The number of benzene rings is 1. The molecule has 3 nitrogen and oxygen atoms in total. The van der Waals surface area contributed by atoms with Crippen molar-refractivity contribution in [2.24, 2.45) is 5.92 Å². The van der Waals surface area contributed by atoms with E-state index < -0.39 is 11.9 Å². The molecular weight excluding hydrogens is 190 g/mol. The third-order valence-corrected chi connectivity index (χ3v) is 2.07. The lowest BCUT2D eigenvalue weighted by molar-refractivity contribution is -0.147. The van der Waals surface area contributed by atoms with Crippen LogP contribution in [-0.4, -0.2) is 5.97 Å². The van der Waals surface area contributed by atoms with Crippen LogP contribution in [0.2, 0.25) is 0 Å². The maximum Gasteiger partial charge on any atom is 0.323 e. The van der Waals surface area contributed by atoms with Crippen molar-refractivity contribution in [3.05, 3.63) is 35.9 Å². The molecule has 15 heavy (non-hydrogen) atoms. The summed E-state index contributed by atoms with van der Waals surface area (Å²) in [7, 11) is 0. The van der Waals surface area contributed by atoms with Gasteiger partial charge in [0.25, 0.3) is 0 Å². The molecule has 0 heterocycles. The van der Waals surface area contributed by atoms with Crippen molar-refractivity contribution in [3.8, 4) is 6.07 Å². The highest BCUT2D eigenvalue weighted by Crippen LogP contribution is 2.07. The van der Waals surface area contributed by atoms with Crippen molar-refractivity contribution < 1.29 is 9.53 Å². The minimum atomic E-state index is -0.645. The smallest absolute Gasteiger partial charge is 0.323 e. The van der Waals surface area contributed by atoms with Crippen LogP contribution < -0.4 is 0 Å². The molecule has 0 aromatic heterocycles. The first-order chi connectivity index (χ1) is 7.27. The summed E-state index contributed by atoms with van der Waals surface area (Å²) in [5, 5.41) is 8.64. The fourth-order valence-electron chi connectivity index (χ4n) is 1.14. The van der Waals surface area contributed by atoms with E-state index in [2.05, 4.69) is 0 Å². The quantitative estimate of drug-likeness (QED) is 0.705. The Bertz CT molecular complexity index is 354. The summed E-state index contributed by atoms with van der Waals surface area (Å²) in [6.07, 6.45) is 0.490. The summed E-state index contributed by atoms with van der Waals surface area (Å²) in [5.41, 5.74) is 0.929. The van der Waals surface area contributed by atoms with Gasteiger partial charge in [-0.05, 0) is 12.0 Å². The van der Waals surface area contributed by atoms with Gasteiger partial charge < -0.3 is 4.74 Å². The van der Waals surface area contributed by atoms with Gasteiger partial charge in [0.05, 0.1) is 6.07 Å². The third kappa shape index (κ3) is 3.43. The maximum atomic E-state index is 11.3. The van der Waals surface area contributed by atoms with Crippen LogP contribution in [0.4, 0.5) is 0 Å². The molecule has 1 atom stereocenters. The fraction of sp³-hybridized carbons (Fsp3) is 0.333. The Morgan fingerprint density at radius 3 is 2.67 bits per heavy atom. The maximum absolute atomic E-state index is 11.3. The summed E-state index contributed by atoms with van der Waals surface area (Å²) in [6.45, 7) is 2.02. The Hall–Kier alpha value is -1.82. The van der Waals surface area contributed by atoms with E-state index in [0.29, 0.717) is 6.42 Å². The van der Waals surface area contributed by atoms with Crippen molar-refractivity contribution in [2.45, 2.75) is 20.0 Å². The number of esters is 1. The lowest BCUT2D eigenvalue weighted by Gasteiger charge is -2.07. The summed E-state index contributed by atoms with van der Waals surface area (Å²) < 4.78 is 5.01. The van der Waals surface area contributed by atoms with Crippen LogP contribution in [0.1, 0.15) is 18.9 Å². The zero-order chi connectivity index (χ0) is 11.1. The fourth-order valence-corrected chi connectivity index (χ4v) is 1.14. The Morgan fingerprint density at radius 2 is 2.13 bits per heavy atom. The topological polar surface area (TPSA) is 50.1 Å². The Balaban J connectivity index is 2.45. The van der Waals surface area contributed by atoms with Gasteiger partial charge >= 0.3 is 5.97 Å². The van der Waals surface area contributed by atoms with Gasteiger partial charge in [-0.15, -0.1) is 0 Å². The monoisotopic (exact) mass is 203 g/mol. The molecule has 1 aromatic carbocycles. The van der Waals surface area contributed by atoms with E-state index in [1.54, 1.807) is 6.92 Å². The molecule has 1 unspecified atom stereocenters. The molecule has 0 fully saturated rings. The van der Waals surface area contributed by atoms with Crippen molar-refractivity contribution in [1.82, 2.24) is 0 Å². The second-order valence-corrected chi connectivity index (χ2v) is 3.18. The third-order valence-electron chi connectivity index (χ3n) is 2.07. The SMILES string of the molecule is CCC(C#N)C(=O)OCc1ccccc1. The molecule has 3 heteroatoms. The van der Waals surface area contributed by atoms with Gasteiger partial charge in [-0.3, -0.25) is 4.79 Å². The van der Waals surface area contributed by atoms with Gasteiger partial charge in [0, 0.05) is 0 Å². The van der Waals surface area contributed by atoms with Crippen LogP contribution in [0.15, 0.2) is 30.3 Å². The Morgan fingerprint density at radius 1 is 1.47 bits per heavy atom. The molecule has 1 rings (SSSR count). The zero-order valence-electron chi connectivity index (χ0n) is 8.64. The minimum absolute atomic E-state index is 0.234.